The minimum Gasteiger partial charge on any atom is -0.508 e. The number of rotatable bonds is 2. The minimum absolute atomic E-state index is 0.196. The summed E-state index contributed by atoms with van der Waals surface area (Å²) >= 11 is 0. The van der Waals surface area contributed by atoms with Gasteiger partial charge in [-0.2, -0.15) is 0 Å². The predicted molar refractivity (Wildman–Crippen MR) is 69.0 cm³/mol. The highest BCUT2D eigenvalue weighted by Gasteiger charge is 2.08. The van der Waals surface area contributed by atoms with Gasteiger partial charge in [0.2, 0.25) is 0 Å². The monoisotopic (exact) mass is 255 g/mol. The Morgan fingerprint density at radius 3 is 2.21 bits per heavy atom. The first-order valence-electron chi connectivity index (χ1n) is 5.74. The fourth-order valence-electron chi connectivity index (χ4n) is 1.79. The lowest BCUT2D eigenvalue weighted by Gasteiger charge is -1.95. The highest BCUT2D eigenvalue weighted by atomic mass is 19.1. The van der Waals surface area contributed by atoms with Crippen LogP contribution in [0.5, 0.6) is 5.75 Å². The van der Waals surface area contributed by atoms with Gasteiger partial charge in [-0.15, -0.1) is 0 Å². The summed E-state index contributed by atoms with van der Waals surface area (Å²) in [4.78, 5) is 0. The standard InChI is InChI=1S/C15H10FNO2/c16-12-5-1-10(2-6-12)14-9-15(19-17-14)11-3-7-13(18)8-4-11/h1-9,18H. The lowest BCUT2D eigenvalue weighted by molar-refractivity contribution is 0.434. The van der Waals surface area contributed by atoms with Crippen molar-refractivity contribution in [3.63, 3.8) is 0 Å². The van der Waals surface area contributed by atoms with Crippen molar-refractivity contribution in [1.29, 1.82) is 0 Å². The van der Waals surface area contributed by atoms with Crippen LogP contribution in [-0.4, -0.2) is 10.3 Å². The molecule has 0 unspecified atom stereocenters. The summed E-state index contributed by atoms with van der Waals surface area (Å²) in [5.41, 5.74) is 2.25. The van der Waals surface area contributed by atoms with E-state index in [1.165, 1.54) is 12.1 Å². The molecule has 0 aliphatic heterocycles. The molecule has 2 aromatic carbocycles. The van der Waals surface area contributed by atoms with E-state index in [4.69, 9.17) is 4.52 Å². The van der Waals surface area contributed by atoms with Crippen LogP contribution in [0.3, 0.4) is 0 Å². The summed E-state index contributed by atoms with van der Waals surface area (Å²) in [6.07, 6.45) is 0. The third kappa shape index (κ3) is 2.33. The first-order valence-corrected chi connectivity index (χ1v) is 5.74. The van der Waals surface area contributed by atoms with E-state index >= 15 is 0 Å². The molecule has 0 saturated carbocycles. The summed E-state index contributed by atoms with van der Waals surface area (Å²) in [6, 6.07) is 14.5. The first kappa shape index (κ1) is 11.5. The van der Waals surface area contributed by atoms with Gasteiger partial charge in [-0.1, -0.05) is 5.16 Å². The van der Waals surface area contributed by atoms with Gasteiger partial charge in [-0.3, -0.25) is 0 Å². The van der Waals surface area contributed by atoms with Gasteiger partial charge < -0.3 is 9.63 Å². The number of aromatic nitrogens is 1. The van der Waals surface area contributed by atoms with Gasteiger partial charge in [0.15, 0.2) is 5.76 Å². The lowest BCUT2D eigenvalue weighted by Crippen LogP contribution is -1.77. The molecule has 0 aliphatic rings. The van der Waals surface area contributed by atoms with E-state index in [1.54, 1.807) is 42.5 Å². The zero-order valence-electron chi connectivity index (χ0n) is 9.88. The van der Waals surface area contributed by atoms with Crippen LogP contribution in [0.1, 0.15) is 0 Å². The van der Waals surface area contributed by atoms with Crippen LogP contribution in [0.2, 0.25) is 0 Å². The highest BCUT2D eigenvalue weighted by Crippen LogP contribution is 2.27. The Hall–Kier alpha value is -2.62. The van der Waals surface area contributed by atoms with E-state index in [1.807, 2.05) is 0 Å². The van der Waals surface area contributed by atoms with Crippen LogP contribution >= 0.6 is 0 Å². The van der Waals surface area contributed by atoms with Gasteiger partial charge in [-0.05, 0) is 48.5 Å². The molecule has 0 atom stereocenters. The van der Waals surface area contributed by atoms with Gasteiger partial charge in [0, 0.05) is 17.2 Å². The second kappa shape index (κ2) is 4.57. The van der Waals surface area contributed by atoms with Crippen molar-refractivity contribution >= 4 is 0 Å². The number of halogens is 1. The molecule has 94 valence electrons. The van der Waals surface area contributed by atoms with Crippen LogP contribution in [-0.2, 0) is 0 Å². The zero-order chi connectivity index (χ0) is 13.2. The Morgan fingerprint density at radius 1 is 0.895 bits per heavy atom. The summed E-state index contributed by atoms with van der Waals surface area (Å²) in [5.74, 6) is 0.507. The maximum absolute atomic E-state index is 12.8. The Kier molecular flexibility index (Phi) is 2.76. The van der Waals surface area contributed by atoms with Crippen molar-refractivity contribution in [2.24, 2.45) is 0 Å². The van der Waals surface area contributed by atoms with E-state index in [9.17, 15) is 9.50 Å². The number of hydrogen-bond acceptors (Lipinski definition) is 3. The van der Waals surface area contributed by atoms with Crippen molar-refractivity contribution in [3.8, 4) is 28.3 Å². The van der Waals surface area contributed by atoms with Crippen LogP contribution in [0, 0.1) is 5.82 Å². The molecule has 0 saturated heterocycles. The second-order valence-electron chi connectivity index (χ2n) is 4.13. The Bertz CT molecular complexity index is 627. The first-order chi connectivity index (χ1) is 9.22. The number of phenolic OH excluding ortho intramolecular Hbond substituents is 1. The third-order valence-electron chi connectivity index (χ3n) is 2.80. The molecular weight excluding hydrogens is 245 g/mol. The number of phenols is 1. The van der Waals surface area contributed by atoms with Crippen LogP contribution in [0.15, 0.2) is 59.1 Å². The van der Waals surface area contributed by atoms with Crippen molar-refractivity contribution in [1.82, 2.24) is 5.16 Å². The molecule has 4 heteroatoms. The van der Waals surface area contributed by atoms with Gasteiger partial charge in [0.05, 0.1) is 0 Å². The number of hydrogen-bond donors (Lipinski definition) is 1. The van der Waals surface area contributed by atoms with Crippen LogP contribution in [0.25, 0.3) is 22.6 Å². The molecule has 0 bridgehead atoms. The van der Waals surface area contributed by atoms with E-state index in [-0.39, 0.29) is 11.6 Å². The zero-order valence-corrected chi connectivity index (χ0v) is 9.88. The summed E-state index contributed by atoms with van der Waals surface area (Å²) < 4.78 is 18.1. The average Bonchev–Trinajstić information content (AvgIpc) is 2.90. The van der Waals surface area contributed by atoms with Gasteiger partial charge in [0.1, 0.15) is 17.3 Å². The van der Waals surface area contributed by atoms with Crippen LogP contribution < -0.4 is 0 Å². The van der Waals surface area contributed by atoms with Crippen molar-refractivity contribution < 1.29 is 14.0 Å². The van der Waals surface area contributed by atoms with Gasteiger partial charge in [-0.25, -0.2) is 4.39 Å². The average molecular weight is 255 g/mol. The van der Waals surface area contributed by atoms with Gasteiger partial charge >= 0.3 is 0 Å². The van der Waals surface area contributed by atoms with Crippen molar-refractivity contribution in [2.75, 3.05) is 0 Å². The maximum atomic E-state index is 12.8. The van der Waals surface area contributed by atoms with Crippen molar-refractivity contribution in [2.45, 2.75) is 0 Å². The largest absolute Gasteiger partial charge is 0.508 e. The highest BCUT2D eigenvalue weighted by molar-refractivity contribution is 5.66. The maximum Gasteiger partial charge on any atom is 0.167 e. The third-order valence-corrected chi connectivity index (χ3v) is 2.80. The van der Waals surface area contributed by atoms with Crippen molar-refractivity contribution in [3.05, 3.63) is 60.4 Å². The fraction of sp³-hybridized carbons (Fsp3) is 0. The molecule has 0 fully saturated rings. The predicted octanol–water partition coefficient (Wildman–Crippen LogP) is 3.85. The Balaban J connectivity index is 1.95. The number of aromatic hydroxyl groups is 1. The topological polar surface area (TPSA) is 46.3 Å². The van der Waals surface area contributed by atoms with Crippen LogP contribution in [0.4, 0.5) is 4.39 Å². The molecule has 3 nitrogen and oxygen atoms in total. The molecule has 3 aromatic rings. The summed E-state index contributed by atoms with van der Waals surface area (Å²) in [5, 5.41) is 13.2. The molecular formula is C15H10FNO2. The molecule has 1 aromatic heterocycles. The summed E-state index contributed by atoms with van der Waals surface area (Å²) in [7, 11) is 0. The lowest BCUT2D eigenvalue weighted by atomic mass is 10.1. The number of nitrogens with zero attached hydrogens (tertiary/aromatic N) is 1. The van der Waals surface area contributed by atoms with Gasteiger partial charge in [0.25, 0.3) is 0 Å². The van der Waals surface area contributed by atoms with E-state index in [2.05, 4.69) is 5.16 Å². The van der Waals surface area contributed by atoms with E-state index in [0.29, 0.717) is 11.5 Å². The van der Waals surface area contributed by atoms with E-state index < -0.39 is 0 Å². The van der Waals surface area contributed by atoms with E-state index in [0.717, 1.165) is 11.1 Å². The summed E-state index contributed by atoms with van der Waals surface area (Å²) in [6.45, 7) is 0. The molecule has 0 amide bonds. The normalized spacial score (nSPS) is 10.6. The smallest absolute Gasteiger partial charge is 0.167 e. The molecule has 1 N–H and O–H groups in total. The Labute approximate surface area is 108 Å². The minimum atomic E-state index is -0.286. The molecule has 0 spiro atoms. The molecule has 3 rings (SSSR count). The second-order valence-corrected chi connectivity index (χ2v) is 4.13. The number of benzene rings is 2. The molecule has 0 aliphatic carbocycles. The Morgan fingerprint density at radius 2 is 1.53 bits per heavy atom. The molecule has 1 heterocycles. The fourth-order valence-corrected chi connectivity index (χ4v) is 1.79. The quantitative estimate of drug-likeness (QED) is 0.756. The SMILES string of the molecule is Oc1ccc(-c2cc(-c3ccc(F)cc3)no2)cc1. The molecule has 19 heavy (non-hydrogen) atoms. The molecule has 0 radical (unpaired) electrons.